The van der Waals surface area contributed by atoms with Crippen LogP contribution in [-0.4, -0.2) is 36.5 Å². The Labute approximate surface area is 115 Å². The van der Waals surface area contributed by atoms with E-state index in [0.29, 0.717) is 0 Å². The molecule has 0 amide bonds. The van der Waals surface area contributed by atoms with Crippen LogP contribution in [0.2, 0.25) is 0 Å². The second-order valence-corrected chi connectivity index (χ2v) is 6.85. The number of sulfonamides is 1. The summed E-state index contributed by atoms with van der Waals surface area (Å²) < 4.78 is 26.2. The largest absolute Gasteiger partial charge is 0.502 e. The molecule has 0 saturated heterocycles. The minimum absolute atomic E-state index is 0.0851. The topological polar surface area (TPSA) is 110 Å². The SMILES string of the molecule is CSC(C)CNS(=O)(=O)c1ccc(O)c([N+](=O)[O-])c1. The summed E-state index contributed by atoms with van der Waals surface area (Å²) in [5.74, 6) is -0.568. The Morgan fingerprint density at radius 2 is 2.16 bits per heavy atom. The molecule has 19 heavy (non-hydrogen) atoms. The number of benzene rings is 1. The van der Waals surface area contributed by atoms with Crippen molar-refractivity contribution in [1.29, 1.82) is 0 Å². The van der Waals surface area contributed by atoms with E-state index in [2.05, 4.69) is 4.72 Å². The van der Waals surface area contributed by atoms with Crippen LogP contribution in [0.4, 0.5) is 5.69 Å². The molecule has 9 heteroatoms. The molecule has 1 aromatic rings. The van der Waals surface area contributed by atoms with E-state index in [1.807, 2.05) is 13.2 Å². The van der Waals surface area contributed by atoms with E-state index < -0.39 is 26.4 Å². The van der Waals surface area contributed by atoms with Gasteiger partial charge >= 0.3 is 5.69 Å². The number of hydrogen-bond donors (Lipinski definition) is 2. The molecule has 106 valence electrons. The first-order chi connectivity index (χ1) is 8.77. The third kappa shape index (κ3) is 4.08. The Kier molecular flexibility index (Phi) is 5.15. The van der Waals surface area contributed by atoms with Crippen LogP contribution >= 0.6 is 11.8 Å². The summed E-state index contributed by atoms with van der Waals surface area (Å²) in [6, 6.07) is 2.94. The van der Waals surface area contributed by atoms with Gasteiger partial charge < -0.3 is 5.11 Å². The molecule has 0 spiro atoms. The van der Waals surface area contributed by atoms with Gasteiger partial charge in [-0.3, -0.25) is 10.1 Å². The van der Waals surface area contributed by atoms with Gasteiger partial charge in [-0.15, -0.1) is 0 Å². The monoisotopic (exact) mass is 306 g/mol. The van der Waals surface area contributed by atoms with E-state index >= 15 is 0 Å². The molecule has 1 unspecified atom stereocenters. The van der Waals surface area contributed by atoms with Crippen LogP contribution in [0.1, 0.15) is 6.92 Å². The van der Waals surface area contributed by atoms with Crippen molar-refractivity contribution in [3.63, 3.8) is 0 Å². The normalized spacial score (nSPS) is 13.2. The van der Waals surface area contributed by atoms with Gasteiger partial charge in [0.15, 0.2) is 5.75 Å². The Balaban J connectivity index is 3.02. The third-order valence-electron chi connectivity index (χ3n) is 2.42. The van der Waals surface area contributed by atoms with E-state index in [0.717, 1.165) is 18.2 Å². The molecule has 0 aliphatic heterocycles. The summed E-state index contributed by atoms with van der Waals surface area (Å²) in [5.41, 5.74) is -0.638. The van der Waals surface area contributed by atoms with Crippen molar-refractivity contribution in [2.24, 2.45) is 0 Å². The molecule has 1 aromatic carbocycles. The molecule has 0 fully saturated rings. The van der Waals surface area contributed by atoms with Crippen molar-refractivity contribution in [2.75, 3.05) is 12.8 Å². The van der Waals surface area contributed by atoms with Gasteiger partial charge in [-0.2, -0.15) is 11.8 Å². The van der Waals surface area contributed by atoms with Crippen molar-refractivity contribution in [3.8, 4) is 5.75 Å². The van der Waals surface area contributed by atoms with Gasteiger partial charge in [-0.05, 0) is 18.4 Å². The van der Waals surface area contributed by atoms with Crippen molar-refractivity contribution in [2.45, 2.75) is 17.1 Å². The van der Waals surface area contributed by atoms with E-state index in [-0.39, 0.29) is 16.7 Å². The number of phenolic OH excluding ortho intramolecular Hbond substituents is 1. The van der Waals surface area contributed by atoms with Crippen LogP contribution in [0.3, 0.4) is 0 Å². The fourth-order valence-electron chi connectivity index (χ4n) is 1.21. The van der Waals surface area contributed by atoms with Crippen molar-refractivity contribution < 1.29 is 18.4 Å². The summed E-state index contributed by atoms with van der Waals surface area (Å²) in [5, 5.41) is 20.0. The standard InChI is InChI=1S/C10H14N2O5S2/c1-7(18-2)6-11-19(16,17)8-3-4-10(13)9(5-8)12(14)15/h3-5,7,11,13H,6H2,1-2H3. The number of phenols is 1. The van der Waals surface area contributed by atoms with E-state index in [1.54, 1.807) is 0 Å². The summed E-state index contributed by atoms with van der Waals surface area (Å²) in [4.78, 5) is 9.56. The van der Waals surface area contributed by atoms with Crippen LogP contribution < -0.4 is 4.72 Å². The summed E-state index contributed by atoms with van der Waals surface area (Å²) in [6.45, 7) is 2.07. The summed E-state index contributed by atoms with van der Waals surface area (Å²) in [7, 11) is -3.82. The third-order valence-corrected chi connectivity index (χ3v) is 4.81. The number of nitrogens with one attached hydrogen (secondary N) is 1. The lowest BCUT2D eigenvalue weighted by Gasteiger charge is -2.10. The molecule has 1 rings (SSSR count). The zero-order valence-electron chi connectivity index (χ0n) is 10.4. The molecule has 0 aliphatic carbocycles. The molecular formula is C10H14N2O5S2. The summed E-state index contributed by atoms with van der Waals surface area (Å²) in [6.07, 6.45) is 1.85. The zero-order valence-corrected chi connectivity index (χ0v) is 12.0. The van der Waals surface area contributed by atoms with E-state index in [9.17, 15) is 23.6 Å². The van der Waals surface area contributed by atoms with Crippen LogP contribution in [0.5, 0.6) is 5.75 Å². The van der Waals surface area contributed by atoms with Gasteiger partial charge in [0.2, 0.25) is 10.0 Å². The highest BCUT2D eigenvalue weighted by atomic mass is 32.2. The van der Waals surface area contributed by atoms with Crippen LogP contribution in [-0.2, 0) is 10.0 Å². The fraction of sp³-hybridized carbons (Fsp3) is 0.400. The number of thioether (sulfide) groups is 1. The lowest BCUT2D eigenvalue weighted by molar-refractivity contribution is -0.386. The number of rotatable bonds is 6. The van der Waals surface area contributed by atoms with E-state index in [4.69, 9.17) is 0 Å². The first kappa shape index (κ1) is 15.7. The molecule has 0 aromatic heterocycles. The number of nitrogens with zero attached hydrogens (tertiary/aromatic N) is 1. The maximum absolute atomic E-state index is 11.9. The minimum Gasteiger partial charge on any atom is -0.502 e. The Hall–Kier alpha value is -1.32. The molecule has 7 nitrogen and oxygen atoms in total. The number of nitro groups is 1. The van der Waals surface area contributed by atoms with Crippen LogP contribution in [0.25, 0.3) is 0 Å². The lowest BCUT2D eigenvalue weighted by atomic mass is 10.3. The Bertz CT molecular complexity index is 573. The molecule has 0 aliphatic rings. The zero-order chi connectivity index (χ0) is 14.6. The highest BCUT2D eigenvalue weighted by Crippen LogP contribution is 2.28. The van der Waals surface area contributed by atoms with Crippen molar-refractivity contribution >= 4 is 27.5 Å². The molecule has 0 radical (unpaired) electrons. The smallest absolute Gasteiger partial charge is 0.312 e. The molecule has 1 atom stereocenters. The van der Waals surface area contributed by atoms with Crippen LogP contribution in [0, 0.1) is 10.1 Å². The first-order valence-corrected chi connectivity index (χ1v) is 8.05. The van der Waals surface area contributed by atoms with Gasteiger partial charge in [0, 0.05) is 17.9 Å². The Morgan fingerprint density at radius 1 is 1.53 bits per heavy atom. The highest BCUT2D eigenvalue weighted by molar-refractivity contribution is 7.99. The second kappa shape index (κ2) is 6.22. The van der Waals surface area contributed by atoms with Crippen molar-refractivity contribution in [3.05, 3.63) is 28.3 Å². The molecule has 0 heterocycles. The Morgan fingerprint density at radius 3 is 2.68 bits per heavy atom. The van der Waals surface area contributed by atoms with Gasteiger partial charge in [0.1, 0.15) is 0 Å². The minimum atomic E-state index is -3.82. The van der Waals surface area contributed by atoms with E-state index in [1.165, 1.54) is 11.8 Å². The second-order valence-electron chi connectivity index (χ2n) is 3.81. The predicted octanol–water partition coefficient (Wildman–Crippen LogP) is 1.33. The predicted molar refractivity (Wildman–Crippen MR) is 72.9 cm³/mol. The van der Waals surface area contributed by atoms with Crippen LogP contribution in [0.15, 0.2) is 23.1 Å². The quantitative estimate of drug-likeness (QED) is 0.606. The van der Waals surface area contributed by atoms with Gasteiger partial charge in [-0.1, -0.05) is 6.92 Å². The fourth-order valence-corrected chi connectivity index (χ4v) is 2.72. The molecular weight excluding hydrogens is 292 g/mol. The average molecular weight is 306 g/mol. The van der Waals surface area contributed by atoms with Crippen molar-refractivity contribution in [1.82, 2.24) is 4.72 Å². The van der Waals surface area contributed by atoms with Gasteiger partial charge in [-0.25, -0.2) is 13.1 Å². The maximum Gasteiger partial charge on any atom is 0.312 e. The first-order valence-electron chi connectivity index (χ1n) is 5.28. The lowest BCUT2D eigenvalue weighted by Crippen LogP contribution is -2.29. The van der Waals surface area contributed by atoms with Gasteiger partial charge in [0.05, 0.1) is 9.82 Å². The maximum atomic E-state index is 11.9. The molecule has 0 bridgehead atoms. The van der Waals surface area contributed by atoms with Gasteiger partial charge in [0.25, 0.3) is 0 Å². The number of hydrogen-bond acceptors (Lipinski definition) is 6. The molecule has 0 saturated carbocycles. The highest BCUT2D eigenvalue weighted by Gasteiger charge is 2.21. The summed E-state index contributed by atoms with van der Waals surface area (Å²) >= 11 is 1.50. The number of aromatic hydroxyl groups is 1. The molecule has 2 N–H and O–H groups in total. The number of nitro benzene ring substituents is 1. The average Bonchev–Trinajstić information content (AvgIpc) is 2.35.